The second-order valence-corrected chi connectivity index (χ2v) is 4.99. The molecule has 2 rings (SSSR count). The number of hydrogen-bond donors (Lipinski definition) is 1. The van der Waals surface area contributed by atoms with Crippen LogP contribution in [0.2, 0.25) is 0 Å². The summed E-state index contributed by atoms with van der Waals surface area (Å²) in [5, 5.41) is 9.90. The highest BCUT2D eigenvalue weighted by molar-refractivity contribution is 7.15. The van der Waals surface area contributed by atoms with E-state index >= 15 is 0 Å². The summed E-state index contributed by atoms with van der Waals surface area (Å²) in [5.41, 5.74) is 2.04. The normalized spacial score (nSPS) is 10.5. The zero-order valence-corrected chi connectivity index (χ0v) is 10.7. The Bertz CT molecular complexity index is 498. The van der Waals surface area contributed by atoms with Gasteiger partial charge in [-0.25, -0.2) is 4.98 Å². The largest absolute Gasteiger partial charge is 0.391 e. The van der Waals surface area contributed by atoms with Gasteiger partial charge in [0.1, 0.15) is 0 Å². The first-order chi connectivity index (χ1) is 8.19. The van der Waals surface area contributed by atoms with E-state index in [0.29, 0.717) is 0 Å². The SMILES string of the molecule is Cc1cccc(CN(C)c2ncc(CO)s2)n1. The van der Waals surface area contributed by atoms with Crippen LogP contribution in [0.4, 0.5) is 5.13 Å². The maximum Gasteiger partial charge on any atom is 0.185 e. The van der Waals surface area contributed by atoms with Crippen LogP contribution in [0.15, 0.2) is 24.4 Å². The summed E-state index contributed by atoms with van der Waals surface area (Å²) in [6, 6.07) is 5.99. The number of nitrogens with zero attached hydrogens (tertiary/aromatic N) is 3. The van der Waals surface area contributed by atoms with Gasteiger partial charge in [0.25, 0.3) is 0 Å². The number of aromatic nitrogens is 2. The molecule has 0 aromatic carbocycles. The van der Waals surface area contributed by atoms with Crippen LogP contribution in [0.1, 0.15) is 16.3 Å². The molecule has 5 heteroatoms. The molecule has 0 atom stereocenters. The van der Waals surface area contributed by atoms with Gasteiger partial charge >= 0.3 is 0 Å². The van der Waals surface area contributed by atoms with Gasteiger partial charge in [0.05, 0.1) is 23.7 Å². The fourth-order valence-electron chi connectivity index (χ4n) is 1.54. The van der Waals surface area contributed by atoms with Crippen molar-refractivity contribution in [1.29, 1.82) is 0 Å². The Balaban J connectivity index is 2.08. The van der Waals surface area contributed by atoms with E-state index in [1.165, 1.54) is 11.3 Å². The van der Waals surface area contributed by atoms with Crippen molar-refractivity contribution in [2.45, 2.75) is 20.1 Å². The van der Waals surface area contributed by atoms with Crippen molar-refractivity contribution >= 4 is 16.5 Å². The molecule has 0 amide bonds. The molecule has 1 N–H and O–H groups in total. The molecule has 0 aliphatic rings. The average molecular weight is 249 g/mol. The minimum Gasteiger partial charge on any atom is -0.391 e. The Kier molecular flexibility index (Phi) is 3.71. The summed E-state index contributed by atoms with van der Waals surface area (Å²) in [5.74, 6) is 0. The third-order valence-corrected chi connectivity index (χ3v) is 3.47. The molecule has 0 saturated carbocycles. The van der Waals surface area contributed by atoms with Crippen LogP contribution in [0, 0.1) is 6.92 Å². The number of anilines is 1. The van der Waals surface area contributed by atoms with Crippen molar-refractivity contribution < 1.29 is 5.11 Å². The monoisotopic (exact) mass is 249 g/mol. The Hall–Kier alpha value is -1.46. The van der Waals surface area contributed by atoms with Crippen molar-refractivity contribution in [3.8, 4) is 0 Å². The molecule has 2 aromatic rings. The third kappa shape index (κ3) is 3.01. The van der Waals surface area contributed by atoms with Gasteiger partial charge in [-0.1, -0.05) is 17.4 Å². The van der Waals surface area contributed by atoms with Gasteiger partial charge < -0.3 is 10.0 Å². The lowest BCUT2D eigenvalue weighted by molar-refractivity contribution is 0.285. The predicted molar refractivity (Wildman–Crippen MR) is 69.1 cm³/mol. The smallest absolute Gasteiger partial charge is 0.185 e. The van der Waals surface area contributed by atoms with Crippen LogP contribution in [0.5, 0.6) is 0 Å². The molecular weight excluding hydrogens is 234 g/mol. The molecule has 0 aliphatic carbocycles. The highest BCUT2D eigenvalue weighted by Gasteiger charge is 2.07. The minimum atomic E-state index is 0.0498. The number of aliphatic hydroxyl groups excluding tert-OH is 1. The van der Waals surface area contributed by atoms with Gasteiger partial charge in [0.2, 0.25) is 0 Å². The van der Waals surface area contributed by atoms with E-state index in [-0.39, 0.29) is 6.61 Å². The fraction of sp³-hybridized carbons (Fsp3) is 0.333. The van der Waals surface area contributed by atoms with Crippen molar-refractivity contribution in [3.05, 3.63) is 40.7 Å². The number of aryl methyl sites for hydroxylation is 1. The van der Waals surface area contributed by atoms with Crippen LogP contribution in [-0.4, -0.2) is 22.1 Å². The first-order valence-corrected chi connectivity index (χ1v) is 6.20. The topological polar surface area (TPSA) is 49.2 Å². The van der Waals surface area contributed by atoms with Crippen LogP contribution >= 0.6 is 11.3 Å². The summed E-state index contributed by atoms with van der Waals surface area (Å²) in [6.07, 6.45) is 1.71. The van der Waals surface area contributed by atoms with E-state index in [2.05, 4.69) is 9.97 Å². The maximum absolute atomic E-state index is 9.00. The Morgan fingerprint density at radius 2 is 2.24 bits per heavy atom. The molecule has 2 heterocycles. The van der Waals surface area contributed by atoms with Crippen LogP contribution in [0.3, 0.4) is 0 Å². The Labute approximate surface area is 105 Å². The summed E-state index contributed by atoms with van der Waals surface area (Å²) in [6.45, 7) is 2.75. The Morgan fingerprint density at radius 3 is 2.88 bits per heavy atom. The molecule has 0 spiro atoms. The van der Waals surface area contributed by atoms with Gasteiger partial charge in [-0.2, -0.15) is 0 Å². The fourth-order valence-corrected chi connectivity index (χ4v) is 2.28. The Morgan fingerprint density at radius 1 is 1.41 bits per heavy atom. The van der Waals surface area contributed by atoms with Gasteiger partial charge in [-0.15, -0.1) is 0 Å². The van der Waals surface area contributed by atoms with E-state index in [9.17, 15) is 0 Å². The zero-order valence-electron chi connectivity index (χ0n) is 9.92. The second kappa shape index (κ2) is 5.25. The molecule has 0 unspecified atom stereocenters. The van der Waals surface area contributed by atoms with Crippen LogP contribution < -0.4 is 4.90 Å². The number of aliphatic hydroxyl groups is 1. The lowest BCUT2D eigenvalue weighted by Crippen LogP contribution is -2.17. The lowest BCUT2D eigenvalue weighted by atomic mass is 10.3. The predicted octanol–water partition coefficient (Wildman–Crippen LogP) is 1.98. The molecule has 0 bridgehead atoms. The first-order valence-electron chi connectivity index (χ1n) is 5.38. The molecule has 0 aliphatic heterocycles. The molecule has 0 radical (unpaired) electrons. The number of hydrogen-bond acceptors (Lipinski definition) is 5. The third-order valence-electron chi connectivity index (χ3n) is 2.37. The van der Waals surface area contributed by atoms with E-state index < -0.39 is 0 Å². The van der Waals surface area contributed by atoms with Gasteiger partial charge in [0.15, 0.2) is 5.13 Å². The molecule has 90 valence electrons. The second-order valence-electron chi connectivity index (χ2n) is 3.89. The number of thiazole rings is 1. The first kappa shape index (κ1) is 12.0. The van der Waals surface area contributed by atoms with E-state index in [4.69, 9.17) is 5.11 Å². The van der Waals surface area contributed by atoms with E-state index in [1.807, 2.05) is 37.1 Å². The maximum atomic E-state index is 9.00. The highest BCUT2D eigenvalue weighted by Crippen LogP contribution is 2.22. The molecule has 0 fully saturated rings. The quantitative estimate of drug-likeness (QED) is 0.900. The summed E-state index contributed by atoms with van der Waals surface area (Å²) in [7, 11) is 1.98. The molecular formula is C12H15N3OS. The molecule has 17 heavy (non-hydrogen) atoms. The van der Waals surface area contributed by atoms with Gasteiger partial charge in [-0.3, -0.25) is 4.98 Å². The van der Waals surface area contributed by atoms with Crippen molar-refractivity contribution in [3.63, 3.8) is 0 Å². The molecule has 2 aromatic heterocycles. The van der Waals surface area contributed by atoms with Crippen LogP contribution in [-0.2, 0) is 13.2 Å². The lowest BCUT2D eigenvalue weighted by Gasteiger charge is -2.15. The van der Waals surface area contributed by atoms with Crippen molar-refractivity contribution in [2.24, 2.45) is 0 Å². The van der Waals surface area contributed by atoms with Crippen LogP contribution in [0.25, 0.3) is 0 Å². The van der Waals surface area contributed by atoms with Crippen molar-refractivity contribution in [2.75, 3.05) is 11.9 Å². The van der Waals surface area contributed by atoms with E-state index in [0.717, 1.165) is 27.9 Å². The molecule has 0 saturated heterocycles. The van der Waals surface area contributed by atoms with Crippen molar-refractivity contribution in [1.82, 2.24) is 9.97 Å². The summed E-state index contributed by atoms with van der Waals surface area (Å²) >= 11 is 1.50. The minimum absolute atomic E-state index is 0.0498. The molecule has 4 nitrogen and oxygen atoms in total. The van der Waals surface area contributed by atoms with Gasteiger partial charge in [-0.05, 0) is 19.1 Å². The van der Waals surface area contributed by atoms with E-state index in [1.54, 1.807) is 6.20 Å². The highest BCUT2D eigenvalue weighted by atomic mass is 32.1. The summed E-state index contributed by atoms with van der Waals surface area (Å²) < 4.78 is 0. The zero-order chi connectivity index (χ0) is 12.3. The number of rotatable bonds is 4. The standard InChI is InChI=1S/C12H15N3OS/c1-9-4-3-5-10(14-9)7-15(2)12-13-6-11(8-16)17-12/h3-6,16H,7-8H2,1-2H3. The number of pyridine rings is 1. The average Bonchev–Trinajstić information content (AvgIpc) is 2.77. The van der Waals surface area contributed by atoms with Gasteiger partial charge in [0, 0.05) is 18.9 Å². The summed E-state index contributed by atoms with van der Waals surface area (Å²) in [4.78, 5) is 11.6.